The van der Waals surface area contributed by atoms with E-state index in [1.165, 1.54) is 38.4 Å². The Morgan fingerprint density at radius 3 is 1.70 bits per heavy atom. The van der Waals surface area contributed by atoms with Gasteiger partial charge < -0.3 is 4.90 Å². The summed E-state index contributed by atoms with van der Waals surface area (Å²) in [6.45, 7) is 0. The third kappa shape index (κ3) is 3.37. The average Bonchev–Trinajstić information content (AvgIpc) is 3.60. The molecule has 0 fully saturated rings. The quantitative estimate of drug-likeness (QED) is 0.232. The summed E-state index contributed by atoms with van der Waals surface area (Å²) in [5, 5.41) is 3.35. The van der Waals surface area contributed by atoms with Crippen LogP contribution >= 0.6 is 11.3 Å². The van der Waals surface area contributed by atoms with Gasteiger partial charge in [-0.2, -0.15) is 0 Å². The van der Waals surface area contributed by atoms with E-state index in [-0.39, 0.29) is 0 Å². The summed E-state index contributed by atoms with van der Waals surface area (Å²) in [6, 6.07) is 52.9. The molecule has 0 radical (unpaired) electrons. The van der Waals surface area contributed by atoms with E-state index in [2.05, 4.69) is 156 Å². The van der Waals surface area contributed by atoms with Gasteiger partial charge in [0.05, 0.1) is 10.4 Å². The number of thiophene rings is 1. The van der Waals surface area contributed by atoms with Crippen molar-refractivity contribution in [3.63, 3.8) is 0 Å². The summed E-state index contributed by atoms with van der Waals surface area (Å²) < 4.78 is 0. The first-order valence-corrected chi connectivity index (χ1v) is 13.5. The fraction of sp³-hybridized carbons (Fsp3) is 0.0286. The molecule has 0 saturated carbocycles. The van der Waals surface area contributed by atoms with E-state index in [0.29, 0.717) is 0 Å². The minimum absolute atomic E-state index is 0.401. The second-order valence-electron chi connectivity index (χ2n) is 9.38. The molecule has 1 heterocycles. The van der Waals surface area contributed by atoms with Crippen LogP contribution in [-0.2, 0) is 5.41 Å². The first kappa shape index (κ1) is 21.8. The number of fused-ring (bicyclic) bond motifs is 3. The largest absolute Gasteiger partial charge is 0.302 e. The summed E-state index contributed by atoms with van der Waals surface area (Å²) in [7, 11) is 0. The van der Waals surface area contributed by atoms with Crippen molar-refractivity contribution in [3.8, 4) is 11.1 Å². The Morgan fingerprint density at radius 1 is 0.459 bits per heavy atom. The molecule has 0 aliphatic heterocycles. The molecule has 1 nitrogen and oxygen atoms in total. The van der Waals surface area contributed by atoms with E-state index in [1.807, 2.05) is 0 Å². The Balaban J connectivity index is 1.55. The maximum absolute atomic E-state index is 2.42. The normalized spacial score (nSPS) is 13.1. The van der Waals surface area contributed by atoms with Gasteiger partial charge in [0.1, 0.15) is 0 Å². The summed E-state index contributed by atoms with van der Waals surface area (Å²) >= 11 is 1.76. The third-order valence-electron chi connectivity index (χ3n) is 7.44. The van der Waals surface area contributed by atoms with Gasteiger partial charge in [-0.05, 0) is 75.2 Å². The highest BCUT2D eigenvalue weighted by molar-refractivity contribution is 7.14. The van der Waals surface area contributed by atoms with E-state index in [1.54, 1.807) is 11.3 Å². The van der Waals surface area contributed by atoms with E-state index in [4.69, 9.17) is 0 Å². The van der Waals surface area contributed by atoms with Crippen LogP contribution in [0, 0.1) is 0 Å². The second kappa shape index (κ2) is 8.92. The van der Waals surface area contributed by atoms with Crippen molar-refractivity contribution in [2.24, 2.45) is 0 Å². The minimum Gasteiger partial charge on any atom is -0.302 e. The molecule has 0 spiro atoms. The summed E-state index contributed by atoms with van der Waals surface area (Å²) in [6.07, 6.45) is 0. The highest BCUT2D eigenvalue weighted by Crippen LogP contribution is 2.57. The summed E-state index contributed by atoms with van der Waals surface area (Å²) in [4.78, 5) is 2.37. The Kier molecular flexibility index (Phi) is 5.27. The Labute approximate surface area is 221 Å². The molecule has 1 aliphatic rings. The molecule has 176 valence electrons. The van der Waals surface area contributed by atoms with Gasteiger partial charge in [0.2, 0.25) is 0 Å². The van der Waals surface area contributed by atoms with Gasteiger partial charge in [-0.25, -0.2) is 0 Å². The molecule has 1 aromatic heterocycles. The molecule has 1 aliphatic carbocycles. The highest BCUT2D eigenvalue weighted by Gasteiger charge is 2.46. The van der Waals surface area contributed by atoms with Crippen LogP contribution in [0.2, 0.25) is 0 Å². The lowest BCUT2D eigenvalue weighted by Gasteiger charge is -2.34. The number of rotatable bonds is 5. The van der Waals surface area contributed by atoms with Gasteiger partial charge >= 0.3 is 0 Å². The number of nitrogens with zero attached hydrogens (tertiary/aromatic N) is 1. The molecule has 0 bridgehead atoms. The molecule has 5 aromatic carbocycles. The lowest BCUT2D eigenvalue weighted by molar-refractivity contribution is 0.768. The molecule has 0 amide bonds. The topological polar surface area (TPSA) is 3.24 Å². The number of hydrogen-bond acceptors (Lipinski definition) is 2. The smallest absolute Gasteiger partial charge is 0.0999 e. The summed E-state index contributed by atoms with van der Waals surface area (Å²) in [5.74, 6) is 0. The zero-order valence-corrected chi connectivity index (χ0v) is 21.1. The van der Waals surface area contributed by atoms with E-state index < -0.39 is 5.41 Å². The van der Waals surface area contributed by atoms with Crippen molar-refractivity contribution >= 4 is 27.7 Å². The monoisotopic (exact) mass is 491 g/mol. The van der Waals surface area contributed by atoms with Crippen molar-refractivity contribution in [1.29, 1.82) is 0 Å². The van der Waals surface area contributed by atoms with Crippen molar-refractivity contribution in [2.75, 3.05) is 4.90 Å². The Hall–Kier alpha value is -4.40. The van der Waals surface area contributed by atoms with Gasteiger partial charge in [-0.1, -0.05) is 109 Å². The van der Waals surface area contributed by atoms with E-state index in [0.717, 1.165) is 11.4 Å². The SMILES string of the molecule is c1ccc(N(c2ccc3c(c2)C(c2ccccc2)(c2ccccc2)c2ccccc2-3)c2cccs2)cc1. The molecule has 37 heavy (non-hydrogen) atoms. The van der Waals surface area contributed by atoms with Gasteiger partial charge in [0, 0.05) is 11.4 Å². The standard InChI is InChI=1S/C35H25NS/c1-4-13-26(14-5-1)35(27-15-6-2-7-16-27)32-20-11-10-19-30(32)31-23-22-29(25-33(31)35)36(34-21-12-24-37-34)28-17-8-3-9-18-28/h1-25H. The average molecular weight is 492 g/mol. The van der Waals surface area contributed by atoms with Crippen LogP contribution < -0.4 is 4.90 Å². The summed E-state index contributed by atoms with van der Waals surface area (Å²) in [5.41, 5.74) is 9.75. The van der Waals surface area contributed by atoms with Crippen molar-refractivity contribution in [1.82, 2.24) is 0 Å². The fourth-order valence-corrected chi connectivity index (χ4v) is 6.72. The van der Waals surface area contributed by atoms with Gasteiger partial charge in [0.25, 0.3) is 0 Å². The van der Waals surface area contributed by atoms with Crippen LogP contribution in [-0.4, -0.2) is 0 Å². The molecule has 0 saturated heterocycles. The first-order chi connectivity index (χ1) is 18.4. The molecule has 6 aromatic rings. The molecular formula is C35H25NS. The van der Waals surface area contributed by atoms with Crippen molar-refractivity contribution in [2.45, 2.75) is 5.41 Å². The van der Waals surface area contributed by atoms with Crippen LogP contribution in [0.15, 0.2) is 151 Å². The van der Waals surface area contributed by atoms with Gasteiger partial charge in [-0.3, -0.25) is 0 Å². The number of benzene rings is 5. The highest BCUT2D eigenvalue weighted by atomic mass is 32.1. The van der Waals surface area contributed by atoms with Crippen LogP contribution in [0.4, 0.5) is 16.4 Å². The fourth-order valence-electron chi connectivity index (χ4n) is 5.95. The van der Waals surface area contributed by atoms with Crippen LogP contribution in [0.1, 0.15) is 22.3 Å². The maximum atomic E-state index is 2.42. The molecule has 0 unspecified atom stereocenters. The van der Waals surface area contributed by atoms with Crippen LogP contribution in [0.3, 0.4) is 0 Å². The molecule has 0 N–H and O–H groups in total. The number of para-hydroxylation sites is 1. The van der Waals surface area contributed by atoms with Crippen molar-refractivity contribution < 1.29 is 0 Å². The maximum Gasteiger partial charge on any atom is 0.0999 e. The Morgan fingerprint density at radius 2 is 1.05 bits per heavy atom. The van der Waals surface area contributed by atoms with Gasteiger partial charge in [0.15, 0.2) is 0 Å². The zero-order chi connectivity index (χ0) is 24.7. The second-order valence-corrected chi connectivity index (χ2v) is 10.3. The lowest BCUT2D eigenvalue weighted by atomic mass is 9.67. The predicted molar refractivity (Wildman–Crippen MR) is 156 cm³/mol. The molecule has 0 atom stereocenters. The van der Waals surface area contributed by atoms with Crippen LogP contribution in [0.5, 0.6) is 0 Å². The van der Waals surface area contributed by atoms with Crippen LogP contribution in [0.25, 0.3) is 11.1 Å². The molecule has 7 rings (SSSR count). The van der Waals surface area contributed by atoms with Gasteiger partial charge in [-0.15, -0.1) is 11.3 Å². The third-order valence-corrected chi connectivity index (χ3v) is 8.29. The Bertz CT molecular complexity index is 1620. The first-order valence-electron chi connectivity index (χ1n) is 12.6. The predicted octanol–water partition coefficient (Wildman–Crippen LogP) is 9.58. The van der Waals surface area contributed by atoms with Crippen molar-refractivity contribution in [3.05, 3.63) is 173 Å². The molecule has 2 heteroatoms. The number of anilines is 3. The lowest BCUT2D eigenvalue weighted by Crippen LogP contribution is -2.28. The van der Waals surface area contributed by atoms with E-state index >= 15 is 0 Å². The van der Waals surface area contributed by atoms with E-state index in [9.17, 15) is 0 Å². The zero-order valence-electron chi connectivity index (χ0n) is 20.3. The minimum atomic E-state index is -0.401. The number of hydrogen-bond donors (Lipinski definition) is 0. The molecular weight excluding hydrogens is 466 g/mol.